The highest BCUT2D eigenvalue weighted by atomic mass is 16.7. The van der Waals surface area contributed by atoms with Crippen LogP contribution in [-0.2, 0) is 11.2 Å². The third-order valence-electron chi connectivity index (χ3n) is 3.93. The second kappa shape index (κ2) is 5.75. The van der Waals surface area contributed by atoms with Crippen molar-refractivity contribution in [1.29, 1.82) is 0 Å². The first-order chi connectivity index (χ1) is 11.3. The van der Waals surface area contributed by atoms with E-state index in [1.807, 2.05) is 23.1 Å². The van der Waals surface area contributed by atoms with Gasteiger partial charge < -0.3 is 19.7 Å². The minimum Gasteiger partial charge on any atom is -0.454 e. The van der Waals surface area contributed by atoms with Gasteiger partial charge in [0.1, 0.15) is 0 Å². The van der Waals surface area contributed by atoms with Crippen molar-refractivity contribution in [3.8, 4) is 11.5 Å². The van der Waals surface area contributed by atoms with E-state index in [1.165, 1.54) is 0 Å². The fourth-order valence-corrected chi connectivity index (χ4v) is 2.67. The minimum atomic E-state index is 0.107. The first-order valence-electron chi connectivity index (χ1n) is 7.48. The van der Waals surface area contributed by atoms with E-state index in [9.17, 15) is 4.79 Å². The molecule has 0 atom stereocenters. The van der Waals surface area contributed by atoms with Gasteiger partial charge in [0.25, 0.3) is 0 Å². The number of ether oxygens (including phenoxy) is 2. The maximum Gasteiger partial charge on any atom is 0.231 e. The lowest BCUT2D eigenvalue weighted by atomic mass is 10.1. The molecule has 0 saturated carbocycles. The first kappa shape index (κ1) is 13.8. The molecule has 2 aromatic rings. The molecular formula is C16H16N4O3. The summed E-state index contributed by atoms with van der Waals surface area (Å²) in [5.74, 6) is 2.15. The summed E-state index contributed by atoms with van der Waals surface area (Å²) in [6.07, 6.45) is 3.75. The van der Waals surface area contributed by atoms with E-state index in [2.05, 4.69) is 15.3 Å². The van der Waals surface area contributed by atoms with Gasteiger partial charge in [-0.15, -0.1) is 0 Å². The number of fused-ring (bicyclic) bond motifs is 1. The van der Waals surface area contributed by atoms with Gasteiger partial charge in [0.15, 0.2) is 11.5 Å². The van der Waals surface area contributed by atoms with Crippen LogP contribution in [0.25, 0.3) is 0 Å². The number of hydrogen-bond acceptors (Lipinski definition) is 6. The van der Waals surface area contributed by atoms with Crippen LogP contribution in [0.5, 0.6) is 11.5 Å². The van der Waals surface area contributed by atoms with Crippen molar-refractivity contribution in [3.05, 3.63) is 42.2 Å². The lowest BCUT2D eigenvalue weighted by Gasteiger charge is -2.39. The van der Waals surface area contributed by atoms with Gasteiger partial charge in [-0.25, -0.2) is 9.97 Å². The molecule has 3 heterocycles. The fraction of sp³-hybridized carbons (Fsp3) is 0.312. The van der Waals surface area contributed by atoms with Crippen LogP contribution >= 0.6 is 0 Å². The molecule has 7 heteroatoms. The summed E-state index contributed by atoms with van der Waals surface area (Å²) >= 11 is 0. The SMILES string of the molecule is O=C(Cc1ccc2c(c1)OCO2)N1CC(Nc2ncccn2)C1. The second-order valence-electron chi connectivity index (χ2n) is 5.58. The Bertz CT molecular complexity index is 717. The molecule has 0 bridgehead atoms. The lowest BCUT2D eigenvalue weighted by molar-refractivity contribution is -0.134. The quantitative estimate of drug-likeness (QED) is 0.910. The van der Waals surface area contributed by atoms with Crippen LogP contribution in [0.4, 0.5) is 5.95 Å². The summed E-state index contributed by atoms with van der Waals surface area (Å²) in [5, 5.41) is 3.21. The third kappa shape index (κ3) is 2.90. The second-order valence-corrected chi connectivity index (χ2v) is 5.58. The maximum absolute atomic E-state index is 12.3. The number of amides is 1. The number of benzene rings is 1. The number of nitrogens with zero attached hydrogens (tertiary/aromatic N) is 3. The van der Waals surface area contributed by atoms with Crippen molar-refractivity contribution in [2.75, 3.05) is 25.2 Å². The lowest BCUT2D eigenvalue weighted by Crippen LogP contribution is -2.57. The normalized spacial score (nSPS) is 16.1. The molecule has 2 aliphatic rings. The van der Waals surface area contributed by atoms with E-state index in [0.29, 0.717) is 31.2 Å². The van der Waals surface area contributed by atoms with Crippen LogP contribution in [0.1, 0.15) is 5.56 Å². The van der Waals surface area contributed by atoms with Crippen molar-refractivity contribution in [1.82, 2.24) is 14.9 Å². The van der Waals surface area contributed by atoms with E-state index in [1.54, 1.807) is 18.5 Å². The highest BCUT2D eigenvalue weighted by Gasteiger charge is 2.31. The van der Waals surface area contributed by atoms with Crippen molar-refractivity contribution < 1.29 is 14.3 Å². The molecule has 1 amide bonds. The van der Waals surface area contributed by atoms with Crippen LogP contribution in [0.15, 0.2) is 36.7 Å². The molecule has 1 saturated heterocycles. The van der Waals surface area contributed by atoms with E-state index in [0.717, 1.165) is 11.3 Å². The van der Waals surface area contributed by atoms with E-state index in [4.69, 9.17) is 9.47 Å². The summed E-state index contributed by atoms with van der Waals surface area (Å²) < 4.78 is 10.6. The largest absolute Gasteiger partial charge is 0.454 e. The van der Waals surface area contributed by atoms with Gasteiger partial charge >= 0.3 is 0 Å². The molecule has 4 rings (SSSR count). The molecule has 1 N–H and O–H groups in total. The Hall–Kier alpha value is -2.83. The smallest absolute Gasteiger partial charge is 0.231 e. The van der Waals surface area contributed by atoms with E-state index >= 15 is 0 Å². The van der Waals surface area contributed by atoms with Gasteiger partial charge in [-0.05, 0) is 23.8 Å². The van der Waals surface area contributed by atoms with Crippen molar-refractivity contribution >= 4 is 11.9 Å². The highest BCUT2D eigenvalue weighted by molar-refractivity contribution is 5.80. The third-order valence-corrected chi connectivity index (χ3v) is 3.93. The zero-order valence-corrected chi connectivity index (χ0v) is 12.4. The van der Waals surface area contributed by atoms with Gasteiger partial charge in [0, 0.05) is 25.5 Å². The molecule has 7 nitrogen and oxygen atoms in total. The number of likely N-dealkylation sites (tertiary alicyclic amines) is 1. The molecule has 1 fully saturated rings. The van der Waals surface area contributed by atoms with Gasteiger partial charge in [-0.2, -0.15) is 0 Å². The van der Waals surface area contributed by atoms with Gasteiger partial charge in [0.05, 0.1) is 12.5 Å². The van der Waals surface area contributed by atoms with Crippen LogP contribution in [-0.4, -0.2) is 46.7 Å². The Labute approximate surface area is 133 Å². The maximum atomic E-state index is 12.3. The molecular weight excluding hydrogens is 296 g/mol. The summed E-state index contributed by atoms with van der Waals surface area (Å²) in [5.41, 5.74) is 0.932. The zero-order chi connectivity index (χ0) is 15.6. The fourth-order valence-electron chi connectivity index (χ4n) is 2.67. The van der Waals surface area contributed by atoms with Gasteiger partial charge in [0.2, 0.25) is 18.6 Å². The summed E-state index contributed by atoms with van der Waals surface area (Å²) in [6, 6.07) is 7.59. The molecule has 2 aliphatic heterocycles. The number of nitrogens with one attached hydrogen (secondary N) is 1. The molecule has 1 aromatic carbocycles. The Kier molecular flexibility index (Phi) is 3.45. The Morgan fingerprint density at radius 1 is 1.22 bits per heavy atom. The first-order valence-corrected chi connectivity index (χ1v) is 7.48. The number of rotatable bonds is 4. The molecule has 23 heavy (non-hydrogen) atoms. The van der Waals surface area contributed by atoms with Crippen LogP contribution in [0.2, 0.25) is 0 Å². The molecule has 118 valence electrons. The van der Waals surface area contributed by atoms with Crippen molar-refractivity contribution in [2.24, 2.45) is 0 Å². The van der Waals surface area contributed by atoms with Crippen LogP contribution < -0.4 is 14.8 Å². The highest BCUT2D eigenvalue weighted by Crippen LogP contribution is 2.32. The Balaban J connectivity index is 1.30. The average molecular weight is 312 g/mol. The monoisotopic (exact) mass is 312 g/mol. The summed E-state index contributed by atoms with van der Waals surface area (Å²) in [6.45, 7) is 1.58. The summed E-state index contributed by atoms with van der Waals surface area (Å²) in [4.78, 5) is 22.4. The topological polar surface area (TPSA) is 76.6 Å². The standard InChI is InChI=1S/C16H16N4O3/c21-15(7-11-2-3-13-14(6-11)23-10-22-13)20-8-12(9-20)19-16-17-4-1-5-18-16/h1-6,12H,7-10H2,(H,17,18,19). The average Bonchev–Trinajstić information content (AvgIpc) is 2.99. The molecule has 0 aliphatic carbocycles. The van der Waals surface area contributed by atoms with Crippen LogP contribution in [0.3, 0.4) is 0 Å². The molecule has 1 aromatic heterocycles. The Morgan fingerprint density at radius 2 is 2.00 bits per heavy atom. The molecule has 0 unspecified atom stereocenters. The van der Waals surface area contributed by atoms with Crippen molar-refractivity contribution in [3.63, 3.8) is 0 Å². The predicted molar refractivity (Wildman–Crippen MR) is 82.3 cm³/mol. The number of anilines is 1. The predicted octanol–water partition coefficient (Wildman–Crippen LogP) is 1.07. The summed E-state index contributed by atoms with van der Waals surface area (Å²) in [7, 11) is 0. The molecule has 0 spiro atoms. The van der Waals surface area contributed by atoms with E-state index < -0.39 is 0 Å². The van der Waals surface area contributed by atoms with Gasteiger partial charge in [-0.1, -0.05) is 6.07 Å². The zero-order valence-electron chi connectivity index (χ0n) is 12.4. The molecule has 0 radical (unpaired) electrons. The number of carbonyl (C=O) groups is 1. The van der Waals surface area contributed by atoms with Gasteiger partial charge in [-0.3, -0.25) is 4.79 Å². The number of carbonyl (C=O) groups excluding carboxylic acids is 1. The minimum absolute atomic E-state index is 0.107. The van der Waals surface area contributed by atoms with Crippen molar-refractivity contribution in [2.45, 2.75) is 12.5 Å². The number of aromatic nitrogens is 2. The Morgan fingerprint density at radius 3 is 2.83 bits per heavy atom. The van der Waals surface area contributed by atoms with Crippen LogP contribution in [0, 0.1) is 0 Å². The van der Waals surface area contributed by atoms with E-state index in [-0.39, 0.29) is 18.7 Å². The number of hydrogen-bond donors (Lipinski definition) is 1.